The Kier molecular flexibility index (Phi) is 5.27. The molecule has 2 rings (SSSR count). The van der Waals surface area contributed by atoms with Crippen LogP contribution in [0.25, 0.3) is 11.3 Å². The maximum absolute atomic E-state index is 11.2. The van der Waals surface area contributed by atoms with Crippen LogP contribution in [0.3, 0.4) is 0 Å². The predicted octanol–water partition coefficient (Wildman–Crippen LogP) is 3.80. The lowest BCUT2D eigenvalue weighted by molar-refractivity contribution is -0.139. The van der Waals surface area contributed by atoms with Crippen LogP contribution < -0.4 is 0 Å². The minimum absolute atomic E-state index is 0.319. The Morgan fingerprint density at radius 2 is 1.95 bits per heavy atom. The summed E-state index contributed by atoms with van der Waals surface area (Å²) in [6.45, 7) is 5.63. The van der Waals surface area contributed by atoms with E-state index in [1.165, 1.54) is 5.56 Å². The average Bonchev–Trinajstić information content (AvgIpc) is 2.52. The summed E-state index contributed by atoms with van der Waals surface area (Å²) in [5, 5.41) is 0. The summed E-state index contributed by atoms with van der Waals surface area (Å²) in [5.41, 5.74) is 3.74. The van der Waals surface area contributed by atoms with Gasteiger partial charge in [0.15, 0.2) is 0 Å². The third-order valence-corrected chi connectivity index (χ3v) is 3.11. The molecule has 3 nitrogen and oxygen atoms in total. The molecule has 3 heteroatoms. The normalized spacial score (nSPS) is 10.1. The summed E-state index contributed by atoms with van der Waals surface area (Å²) >= 11 is 0. The molecule has 0 saturated heterocycles. The summed E-state index contributed by atoms with van der Waals surface area (Å²) in [4.78, 5) is 15.6. The smallest absolute Gasteiger partial charge is 0.333 e. The highest BCUT2D eigenvalue weighted by molar-refractivity contribution is 5.86. The molecule has 108 valence electrons. The Morgan fingerprint density at radius 3 is 2.57 bits per heavy atom. The van der Waals surface area contributed by atoms with Gasteiger partial charge in [0.25, 0.3) is 0 Å². The van der Waals surface area contributed by atoms with Crippen molar-refractivity contribution in [3.8, 4) is 11.3 Å². The second-order valence-electron chi connectivity index (χ2n) is 4.93. The molecule has 21 heavy (non-hydrogen) atoms. The number of hydrogen-bond acceptors (Lipinski definition) is 3. The van der Waals surface area contributed by atoms with Gasteiger partial charge in [0.1, 0.15) is 0 Å². The number of esters is 1. The second-order valence-corrected chi connectivity index (χ2v) is 4.93. The minimum Gasteiger partial charge on any atom is -0.462 e. The highest BCUT2D eigenvalue weighted by Crippen LogP contribution is 2.17. The van der Waals surface area contributed by atoms with E-state index < -0.39 is 0 Å². The Labute approximate surface area is 125 Å². The van der Waals surface area contributed by atoms with E-state index in [4.69, 9.17) is 4.74 Å². The standard InChI is InChI=1S/C18H19NO2/c1-14(2)18(20)21-13-5-6-15-8-10-16(11-9-15)17-7-3-4-12-19-17/h3-4,7-12H,1,5-6,13H2,2H3. The van der Waals surface area contributed by atoms with Crippen molar-refractivity contribution in [3.05, 3.63) is 66.4 Å². The minimum atomic E-state index is -0.319. The van der Waals surface area contributed by atoms with Crippen molar-refractivity contribution in [1.29, 1.82) is 0 Å². The summed E-state index contributed by atoms with van der Waals surface area (Å²) in [7, 11) is 0. The van der Waals surface area contributed by atoms with Crippen LogP contribution in [0.15, 0.2) is 60.8 Å². The van der Waals surface area contributed by atoms with E-state index in [0.717, 1.165) is 24.1 Å². The zero-order valence-electron chi connectivity index (χ0n) is 12.2. The van der Waals surface area contributed by atoms with Gasteiger partial charge in [-0.25, -0.2) is 4.79 Å². The molecule has 2 aromatic rings. The lowest BCUT2D eigenvalue weighted by atomic mass is 10.1. The molecule has 0 aliphatic carbocycles. The maximum Gasteiger partial charge on any atom is 0.333 e. The van der Waals surface area contributed by atoms with Crippen LogP contribution in [0.4, 0.5) is 0 Å². The number of pyridine rings is 1. The quantitative estimate of drug-likeness (QED) is 0.459. The molecule has 0 radical (unpaired) electrons. The Bertz CT molecular complexity index is 603. The molecular formula is C18H19NO2. The van der Waals surface area contributed by atoms with Crippen LogP contribution in [-0.2, 0) is 16.0 Å². The van der Waals surface area contributed by atoms with Crippen molar-refractivity contribution in [2.45, 2.75) is 19.8 Å². The number of hydrogen-bond donors (Lipinski definition) is 0. The van der Waals surface area contributed by atoms with Crippen LogP contribution in [-0.4, -0.2) is 17.6 Å². The molecule has 0 amide bonds. The van der Waals surface area contributed by atoms with Gasteiger partial charge in [-0.15, -0.1) is 0 Å². The van der Waals surface area contributed by atoms with Crippen LogP contribution >= 0.6 is 0 Å². The van der Waals surface area contributed by atoms with Gasteiger partial charge in [0, 0.05) is 17.3 Å². The van der Waals surface area contributed by atoms with E-state index in [1.807, 2.05) is 18.2 Å². The van der Waals surface area contributed by atoms with Gasteiger partial charge in [-0.2, -0.15) is 0 Å². The molecule has 1 aromatic carbocycles. The summed E-state index contributed by atoms with van der Waals surface area (Å²) in [6.07, 6.45) is 3.48. The van der Waals surface area contributed by atoms with Gasteiger partial charge in [0.05, 0.1) is 12.3 Å². The fourth-order valence-corrected chi connectivity index (χ4v) is 1.94. The first kappa shape index (κ1) is 15.0. The first-order valence-electron chi connectivity index (χ1n) is 7.00. The number of nitrogens with zero attached hydrogens (tertiary/aromatic N) is 1. The molecule has 0 atom stereocenters. The van der Waals surface area contributed by atoms with Crippen molar-refractivity contribution >= 4 is 5.97 Å². The molecule has 0 aliphatic rings. The number of ether oxygens (including phenoxy) is 1. The number of rotatable bonds is 6. The van der Waals surface area contributed by atoms with Crippen molar-refractivity contribution in [2.75, 3.05) is 6.61 Å². The molecule has 0 aliphatic heterocycles. The Balaban J connectivity index is 1.83. The largest absolute Gasteiger partial charge is 0.462 e. The molecule has 0 spiro atoms. The first-order valence-corrected chi connectivity index (χ1v) is 7.00. The van der Waals surface area contributed by atoms with Gasteiger partial charge in [-0.3, -0.25) is 4.98 Å². The lowest BCUT2D eigenvalue weighted by Crippen LogP contribution is -2.06. The van der Waals surface area contributed by atoms with E-state index in [-0.39, 0.29) is 5.97 Å². The highest BCUT2D eigenvalue weighted by Gasteiger charge is 2.03. The van der Waals surface area contributed by atoms with E-state index in [2.05, 4.69) is 35.8 Å². The first-order chi connectivity index (χ1) is 10.2. The number of benzene rings is 1. The van der Waals surface area contributed by atoms with Crippen molar-refractivity contribution < 1.29 is 9.53 Å². The number of aryl methyl sites for hydroxylation is 1. The SMILES string of the molecule is C=C(C)C(=O)OCCCc1ccc(-c2ccccn2)cc1. The summed E-state index contributed by atoms with van der Waals surface area (Å²) in [5.74, 6) is -0.319. The number of carbonyl (C=O) groups excluding carboxylic acids is 1. The molecule has 1 heterocycles. The monoisotopic (exact) mass is 281 g/mol. The van der Waals surface area contributed by atoms with Crippen LogP contribution in [0.5, 0.6) is 0 Å². The maximum atomic E-state index is 11.2. The zero-order chi connectivity index (χ0) is 15.1. The van der Waals surface area contributed by atoms with Crippen molar-refractivity contribution in [3.63, 3.8) is 0 Å². The van der Waals surface area contributed by atoms with Gasteiger partial charge < -0.3 is 4.74 Å². The van der Waals surface area contributed by atoms with Gasteiger partial charge in [-0.1, -0.05) is 36.9 Å². The van der Waals surface area contributed by atoms with Gasteiger partial charge in [0.2, 0.25) is 0 Å². The van der Waals surface area contributed by atoms with Crippen molar-refractivity contribution in [2.24, 2.45) is 0 Å². The van der Waals surface area contributed by atoms with E-state index >= 15 is 0 Å². The molecule has 0 unspecified atom stereocenters. The molecule has 1 aromatic heterocycles. The zero-order valence-corrected chi connectivity index (χ0v) is 12.2. The molecule has 0 saturated carbocycles. The lowest BCUT2D eigenvalue weighted by Gasteiger charge is -2.05. The van der Waals surface area contributed by atoms with E-state index in [9.17, 15) is 4.79 Å². The second kappa shape index (κ2) is 7.39. The fraction of sp³-hybridized carbons (Fsp3) is 0.222. The van der Waals surface area contributed by atoms with Crippen LogP contribution in [0.2, 0.25) is 0 Å². The third kappa shape index (κ3) is 4.56. The molecular weight excluding hydrogens is 262 g/mol. The van der Waals surface area contributed by atoms with Crippen LogP contribution in [0.1, 0.15) is 18.9 Å². The van der Waals surface area contributed by atoms with Gasteiger partial charge in [-0.05, 0) is 37.5 Å². The molecule has 0 fully saturated rings. The van der Waals surface area contributed by atoms with E-state index in [0.29, 0.717) is 12.2 Å². The Hall–Kier alpha value is -2.42. The third-order valence-electron chi connectivity index (χ3n) is 3.11. The summed E-state index contributed by atoms with van der Waals surface area (Å²) < 4.78 is 5.07. The molecule has 0 bridgehead atoms. The highest BCUT2D eigenvalue weighted by atomic mass is 16.5. The molecule has 0 N–H and O–H groups in total. The average molecular weight is 281 g/mol. The fourth-order valence-electron chi connectivity index (χ4n) is 1.94. The predicted molar refractivity (Wildman–Crippen MR) is 83.8 cm³/mol. The number of carbonyl (C=O) groups is 1. The van der Waals surface area contributed by atoms with Crippen molar-refractivity contribution in [1.82, 2.24) is 4.98 Å². The van der Waals surface area contributed by atoms with Gasteiger partial charge >= 0.3 is 5.97 Å². The number of aromatic nitrogens is 1. The van der Waals surface area contributed by atoms with Crippen LogP contribution in [0, 0.1) is 0 Å². The summed E-state index contributed by atoms with van der Waals surface area (Å²) in [6, 6.07) is 14.2. The topological polar surface area (TPSA) is 39.2 Å². The Morgan fingerprint density at radius 1 is 1.19 bits per heavy atom. The van der Waals surface area contributed by atoms with E-state index in [1.54, 1.807) is 13.1 Å².